The average molecular weight is 407 g/mol. The molecule has 1 aromatic heterocycles. The Labute approximate surface area is 166 Å². The normalized spacial score (nSPS) is 19.0. The second-order valence-corrected chi connectivity index (χ2v) is 7.36. The molecule has 0 aliphatic carbocycles. The maximum Gasteiger partial charge on any atom is 0.271 e. The third-order valence-corrected chi connectivity index (χ3v) is 5.43. The van der Waals surface area contributed by atoms with E-state index in [0.717, 1.165) is 0 Å². The van der Waals surface area contributed by atoms with Crippen LogP contribution in [-0.4, -0.2) is 48.2 Å². The number of amides is 1. The molecule has 1 fully saturated rings. The van der Waals surface area contributed by atoms with Gasteiger partial charge in [-0.1, -0.05) is 17.7 Å². The molecule has 1 aromatic carbocycles. The number of halogens is 2. The minimum Gasteiger partial charge on any atom is -0.378 e. The zero-order chi connectivity index (χ0) is 19.8. The molecule has 1 N–H and O–H groups in total. The van der Waals surface area contributed by atoms with Crippen LogP contribution in [0.1, 0.15) is 18.3 Å². The van der Waals surface area contributed by atoms with Crippen LogP contribution in [0.25, 0.3) is 0 Å². The van der Waals surface area contributed by atoms with Gasteiger partial charge < -0.3 is 19.5 Å². The fraction of sp³-hybridized carbons (Fsp3) is 0.421. The van der Waals surface area contributed by atoms with Gasteiger partial charge in [-0.2, -0.15) is 0 Å². The quantitative estimate of drug-likeness (QED) is 0.842. The zero-order valence-electron chi connectivity index (χ0n) is 15.4. The summed E-state index contributed by atoms with van der Waals surface area (Å²) in [6.07, 6.45) is 0.349. The first kappa shape index (κ1) is 18.9. The van der Waals surface area contributed by atoms with Crippen LogP contribution in [0.4, 0.5) is 15.9 Å². The van der Waals surface area contributed by atoms with Gasteiger partial charge in [0.15, 0.2) is 5.82 Å². The molecule has 0 bridgehead atoms. The van der Waals surface area contributed by atoms with Crippen LogP contribution in [0, 0.1) is 5.82 Å². The molecule has 0 radical (unpaired) electrons. The SMILES string of the molecule is CC1Cc2c(F)cccc2N1C(=O)Cc1nc(N2CCOCC2)c(Cl)c(=O)[nH]1. The summed E-state index contributed by atoms with van der Waals surface area (Å²) in [7, 11) is 0. The lowest BCUT2D eigenvalue weighted by atomic mass is 10.1. The predicted molar refractivity (Wildman–Crippen MR) is 104 cm³/mol. The van der Waals surface area contributed by atoms with Gasteiger partial charge in [-0.05, 0) is 25.5 Å². The molecule has 1 unspecified atom stereocenters. The molecule has 2 aliphatic rings. The van der Waals surface area contributed by atoms with Crippen LogP contribution in [-0.2, 0) is 22.4 Å². The second kappa shape index (κ2) is 7.52. The minimum absolute atomic E-state index is 0.0000521. The van der Waals surface area contributed by atoms with Crippen molar-refractivity contribution < 1.29 is 13.9 Å². The Hall–Kier alpha value is -2.45. The van der Waals surface area contributed by atoms with Gasteiger partial charge in [0.25, 0.3) is 5.56 Å². The van der Waals surface area contributed by atoms with Crippen molar-refractivity contribution in [2.24, 2.45) is 0 Å². The topological polar surface area (TPSA) is 78.5 Å². The Balaban J connectivity index is 1.61. The Morgan fingerprint density at radius 3 is 2.89 bits per heavy atom. The Morgan fingerprint density at radius 1 is 1.39 bits per heavy atom. The van der Waals surface area contributed by atoms with Crippen molar-refractivity contribution in [1.82, 2.24) is 9.97 Å². The van der Waals surface area contributed by atoms with Crippen molar-refractivity contribution in [3.05, 3.63) is 50.8 Å². The molecule has 4 rings (SSSR count). The van der Waals surface area contributed by atoms with Gasteiger partial charge in [-0.25, -0.2) is 9.37 Å². The first-order valence-electron chi connectivity index (χ1n) is 9.16. The number of nitrogens with zero attached hydrogens (tertiary/aromatic N) is 3. The van der Waals surface area contributed by atoms with E-state index in [1.807, 2.05) is 11.8 Å². The van der Waals surface area contributed by atoms with Crippen molar-refractivity contribution in [3.63, 3.8) is 0 Å². The van der Waals surface area contributed by atoms with Gasteiger partial charge in [0.2, 0.25) is 5.91 Å². The number of morpholine rings is 1. The highest BCUT2D eigenvalue weighted by Crippen LogP contribution is 2.34. The number of aromatic nitrogens is 2. The third-order valence-electron chi connectivity index (χ3n) is 5.09. The molecule has 148 valence electrons. The summed E-state index contributed by atoms with van der Waals surface area (Å²) in [5, 5.41) is 0.0000521. The fourth-order valence-electron chi connectivity index (χ4n) is 3.77. The highest BCUT2D eigenvalue weighted by molar-refractivity contribution is 6.32. The highest BCUT2D eigenvalue weighted by Gasteiger charge is 2.33. The number of rotatable bonds is 3. The number of aromatic amines is 1. The summed E-state index contributed by atoms with van der Waals surface area (Å²) in [6.45, 7) is 4.05. The Bertz CT molecular complexity index is 974. The molecule has 0 spiro atoms. The van der Waals surface area contributed by atoms with Crippen molar-refractivity contribution in [1.29, 1.82) is 0 Å². The van der Waals surface area contributed by atoms with Crippen molar-refractivity contribution in [2.45, 2.75) is 25.8 Å². The molecule has 1 atom stereocenters. The van der Waals surface area contributed by atoms with E-state index >= 15 is 0 Å². The van der Waals surface area contributed by atoms with Gasteiger partial charge in [0, 0.05) is 24.7 Å². The Kier molecular flexibility index (Phi) is 5.07. The van der Waals surface area contributed by atoms with E-state index in [-0.39, 0.29) is 35.0 Å². The van der Waals surface area contributed by atoms with E-state index in [0.29, 0.717) is 49.8 Å². The third kappa shape index (κ3) is 3.38. The molecule has 0 saturated carbocycles. The van der Waals surface area contributed by atoms with Gasteiger partial charge in [0.05, 0.1) is 25.3 Å². The second-order valence-electron chi connectivity index (χ2n) is 6.98. The molecular weight excluding hydrogens is 387 g/mol. The lowest BCUT2D eigenvalue weighted by Gasteiger charge is -2.28. The number of H-pyrrole nitrogens is 1. The number of fused-ring (bicyclic) bond motifs is 1. The maximum atomic E-state index is 14.1. The maximum absolute atomic E-state index is 14.1. The molecule has 2 aromatic rings. The molecule has 1 saturated heterocycles. The zero-order valence-corrected chi connectivity index (χ0v) is 16.1. The van der Waals surface area contributed by atoms with Crippen molar-refractivity contribution >= 4 is 29.0 Å². The van der Waals surface area contributed by atoms with Crippen molar-refractivity contribution in [2.75, 3.05) is 36.1 Å². The number of ether oxygens (including phenoxy) is 1. The van der Waals surface area contributed by atoms with Crippen LogP contribution >= 0.6 is 11.6 Å². The largest absolute Gasteiger partial charge is 0.378 e. The molecule has 28 heavy (non-hydrogen) atoms. The lowest BCUT2D eigenvalue weighted by Crippen LogP contribution is -2.39. The number of hydrogen-bond acceptors (Lipinski definition) is 5. The Morgan fingerprint density at radius 2 is 2.14 bits per heavy atom. The van der Waals surface area contributed by atoms with Crippen LogP contribution in [0.15, 0.2) is 23.0 Å². The van der Waals surface area contributed by atoms with E-state index in [9.17, 15) is 14.0 Å². The average Bonchev–Trinajstić information content (AvgIpc) is 3.02. The number of carbonyl (C=O) groups is 1. The van der Waals surface area contributed by atoms with E-state index in [2.05, 4.69) is 9.97 Å². The summed E-state index contributed by atoms with van der Waals surface area (Å²) in [4.78, 5) is 35.7. The lowest BCUT2D eigenvalue weighted by molar-refractivity contribution is -0.118. The van der Waals surface area contributed by atoms with E-state index < -0.39 is 5.56 Å². The van der Waals surface area contributed by atoms with Crippen molar-refractivity contribution in [3.8, 4) is 0 Å². The van der Waals surface area contributed by atoms with Crippen LogP contribution in [0.3, 0.4) is 0 Å². The van der Waals surface area contributed by atoms with Gasteiger partial charge >= 0.3 is 0 Å². The van der Waals surface area contributed by atoms with Crippen LogP contribution < -0.4 is 15.4 Å². The summed E-state index contributed by atoms with van der Waals surface area (Å²) in [5.74, 6) is 0.0258. The molecule has 1 amide bonds. The van der Waals surface area contributed by atoms with Gasteiger partial charge in [0.1, 0.15) is 16.7 Å². The van der Waals surface area contributed by atoms with E-state index in [4.69, 9.17) is 16.3 Å². The van der Waals surface area contributed by atoms with Crippen LogP contribution in [0.5, 0.6) is 0 Å². The summed E-state index contributed by atoms with van der Waals surface area (Å²) >= 11 is 6.14. The number of hydrogen-bond donors (Lipinski definition) is 1. The summed E-state index contributed by atoms with van der Waals surface area (Å²) in [6, 6.07) is 4.55. The van der Waals surface area contributed by atoms with Gasteiger partial charge in [-0.3, -0.25) is 9.59 Å². The molecule has 7 nitrogen and oxygen atoms in total. The first-order valence-corrected chi connectivity index (χ1v) is 9.54. The van der Waals surface area contributed by atoms with E-state index in [1.165, 1.54) is 6.07 Å². The predicted octanol–water partition coefficient (Wildman–Crippen LogP) is 1.92. The molecular formula is C19H20ClFN4O3. The highest BCUT2D eigenvalue weighted by atomic mass is 35.5. The first-order chi connectivity index (χ1) is 13.5. The number of benzene rings is 1. The standard InChI is InChI=1S/C19H20ClFN4O3/c1-11-9-12-13(21)3-2-4-14(12)25(11)16(26)10-15-22-18(17(20)19(27)23-15)24-5-7-28-8-6-24/h2-4,11H,5-10H2,1H3,(H,22,23,27). The minimum atomic E-state index is -0.484. The monoisotopic (exact) mass is 406 g/mol. The number of carbonyl (C=O) groups excluding carboxylic acids is 1. The number of nitrogens with one attached hydrogen (secondary N) is 1. The number of anilines is 2. The summed E-state index contributed by atoms with van der Waals surface area (Å²) < 4.78 is 19.4. The van der Waals surface area contributed by atoms with Crippen LogP contribution in [0.2, 0.25) is 5.02 Å². The smallest absolute Gasteiger partial charge is 0.271 e. The summed E-state index contributed by atoms with van der Waals surface area (Å²) in [5.41, 5.74) is 0.624. The fourth-order valence-corrected chi connectivity index (χ4v) is 3.98. The van der Waals surface area contributed by atoms with Gasteiger partial charge in [-0.15, -0.1) is 0 Å². The van der Waals surface area contributed by atoms with E-state index in [1.54, 1.807) is 17.0 Å². The molecule has 9 heteroatoms. The molecule has 3 heterocycles. The molecule has 2 aliphatic heterocycles.